The molecule has 39 heavy (non-hydrogen) atoms. The van der Waals surface area contributed by atoms with E-state index in [1.165, 1.54) is 11.9 Å². The van der Waals surface area contributed by atoms with Crippen molar-refractivity contribution in [2.45, 2.75) is 111 Å². The molecular weight excluding hydrogens is 502 g/mol. The van der Waals surface area contributed by atoms with Crippen LogP contribution in [0.15, 0.2) is 0 Å². The standard InChI is InChI=1S/C28H47N5O6/c1-16(30-26(39)28(5,6)7)25(38)33(8)20(15-27(2,3)4)23(36)32-19(14-17-10-9-13-29-22(17)35)21(34)24(37)31-18-11-12-18/h16-20H,9-15H2,1-8H3,(H,29,35)(H,30,39)(H,31,37)(H,32,36)/t16-,17+,19+,20+/m1/s1. The Morgan fingerprint density at radius 3 is 2.13 bits per heavy atom. The van der Waals surface area contributed by atoms with E-state index in [0.29, 0.717) is 13.0 Å². The Morgan fingerprint density at radius 1 is 1.00 bits per heavy atom. The molecule has 0 spiro atoms. The molecule has 1 saturated heterocycles. The average Bonchev–Trinajstić information content (AvgIpc) is 3.64. The fourth-order valence-electron chi connectivity index (χ4n) is 4.41. The van der Waals surface area contributed by atoms with Crippen LogP contribution in [0.1, 0.15) is 87.0 Å². The van der Waals surface area contributed by atoms with Crippen molar-refractivity contribution in [3.8, 4) is 0 Å². The first-order valence-electron chi connectivity index (χ1n) is 13.9. The van der Waals surface area contributed by atoms with Gasteiger partial charge in [-0.2, -0.15) is 0 Å². The summed E-state index contributed by atoms with van der Waals surface area (Å²) in [4.78, 5) is 79.0. The van der Waals surface area contributed by atoms with Crippen LogP contribution in [0.25, 0.3) is 0 Å². The van der Waals surface area contributed by atoms with Crippen molar-refractivity contribution >= 4 is 35.3 Å². The lowest BCUT2D eigenvalue weighted by Gasteiger charge is -2.35. The molecule has 2 rings (SSSR count). The maximum absolute atomic E-state index is 13.7. The van der Waals surface area contributed by atoms with Gasteiger partial charge in [-0.25, -0.2) is 0 Å². The predicted octanol–water partition coefficient (Wildman–Crippen LogP) is 1.05. The molecule has 4 atom stereocenters. The van der Waals surface area contributed by atoms with Crippen LogP contribution in [0.5, 0.6) is 0 Å². The van der Waals surface area contributed by atoms with Crippen molar-refractivity contribution in [3.63, 3.8) is 0 Å². The lowest BCUT2D eigenvalue weighted by Crippen LogP contribution is -2.58. The summed E-state index contributed by atoms with van der Waals surface area (Å²) < 4.78 is 0. The SMILES string of the molecule is C[C@@H](NC(=O)C(C)(C)C)C(=O)N(C)[C@@H](CC(C)(C)C)C(=O)N[C@@H](C[C@@H]1CCCNC1=O)C(=O)C(=O)NC1CC1. The summed E-state index contributed by atoms with van der Waals surface area (Å²) >= 11 is 0. The molecule has 0 radical (unpaired) electrons. The highest BCUT2D eigenvalue weighted by atomic mass is 16.2. The second kappa shape index (κ2) is 12.9. The third-order valence-electron chi connectivity index (χ3n) is 7.01. The molecule has 0 unspecified atom stereocenters. The number of Topliss-reactive ketones (excluding diaryl/α,β-unsaturated/α-hetero) is 1. The van der Waals surface area contributed by atoms with Gasteiger partial charge in [0.2, 0.25) is 29.4 Å². The first kappa shape index (κ1) is 32.2. The van der Waals surface area contributed by atoms with Crippen LogP contribution in [0.3, 0.4) is 0 Å². The molecule has 0 aromatic rings. The molecule has 220 valence electrons. The Labute approximate surface area is 232 Å². The number of rotatable bonds is 11. The summed E-state index contributed by atoms with van der Waals surface area (Å²) in [6.07, 6.45) is 3.13. The first-order chi connectivity index (χ1) is 17.9. The van der Waals surface area contributed by atoms with Crippen LogP contribution >= 0.6 is 0 Å². The van der Waals surface area contributed by atoms with E-state index in [-0.39, 0.29) is 36.1 Å². The molecule has 1 heterocycles. The quantitative estimate of drug-likeness (QED) is 0.283. The predicted molar refractivity (Wildman–Crippen MR) is 146 cm³/mol. The molecular formula is C28H47N5O6. The number of piperidine rings is 1. The normalized spacial score (nSPS) is 20.1. The van der Waals surface area contributed by atoms with E-state index in [2.05, 4.69) is 21.3 Å². The number of carbonyl (C=O) groups is 6. The molecule has 4 N–H and O–H groups in total. The fourth-order valence-corrected chi connectivity index (χ4v) is 4.41. The minimum atomic E-state index is -1.21. The maximum Gasteiger partial charge on any atom is 0.289 e. The van der Waals surface area contributed by atoms with Crippen LogP contribution in [-0.2, 0) is 28.8 Å². The van der Waals surface area contributed by atoms with E-state index in [1.54, 1.807) is 27.7 Å². The van der Waals surface area contributed by atoms with Gasteiger partial charge in [-0.15, -0.1) is 0 Å². The fraction of sp³-hybridized carbons (Fsp3) is 0.786. The second-order valence-electron chi connectivity index (χ2n) is 13.2. The highest BCUT2D eigenvalue weighted by Crippen LogP contribution is 2.25. The topological polar surface area (TPSA) is 154 Å². The molecule has 2 fully saturated rings. The first-order valence-corrected chi connectivity index (χ1v) is 13.9. The van der Waals surface area contributed by atoms with Crippen LogP contribution in [-0.4, -0.2) is 78.0 Å². The Hall–Kier alpha value is -2.98. The summed E-state index contributed by atoms with van der Waals surface area (Å²) in [6, 6.07) is -3.12. The maximum atomic E-state index is 13.7. The van der Waals surface area contributed by atoms with E-state index in [4.69, 9.17) is 0 Å². The van der Waals surface area contributed by atoms with Gasteiger partial charge in [0.25, 0.3) is 5.91 Å². The molecule has 2 aliphatic rings. The van der Waals surface area contributed by atoms with Crippen molar-refractivity contribution in [3.05, 3.63) is 0 Å². The van der Waals surface area contributed by atoms with E-state index < -0.39 is 53.0 Å². The minimum absolute atomic E-state index is 0.00751. The Kier molecular flexibility index (Phi) is 10.7. The lowest BCUT2D eigenvalue weighted by molar-refractivity contribution is -0.145. The number of likely N-dealkylation sites (N-methyl/N-ethyl adjacent to an activating group) is 1. The molecule has 1 saturated carbocycles. The zero-order valence-corrected chi connectivity index (χ0v) is 24.7. The molecule has 0 aromatic carbocycles. The number of hydrogen-bond donors (Lipinski definition) is 4. The molecule has 1 aliphatic heterocycles. The van der Waals surface area contributed by atoms with Crippen molar-refractivity contribution in [1.29, 1.82) is 0 Å². The third kappa shape index (κ3) is 9.93. The van der Waals surface area contributed by atoms with Crippen LogP contribution in [0.4, 0.5) is 0 Å². The summed E-state index contributed by atoms with van der Waals surface area (Å²) in [5.74, 6) is -3.67. The van der Waals surface area contributed by atoms with Gasteiger partial charge < -0.3 is 26.2 Å². The number of amides is 5. The Bertz CT molecular complexity index is 962. The second-order valence-corrected chi connectivity index (χ2v) is 13.2. The number of nitrogens with one attached hydrogen (secondary N) is 4. The Balaban J connectivity index is 2.26. The highest BCUT2D eigenvalue weighted by molar-refractivity contribution is 6.38. The summed E-state index contributed by atoms with van der Waals surface area (Å²) in [6.45, 7) is 13.1. The van der Waals surface area contributed by atoms with E-state index >= 15 is 0 Å². The van der Waals surface area contributed by atoms with E-state index in [1.807, 2.05) is 20.8 Å². The lowest BCUT2D eigenvalue weighted by atomic mass is 9.86. The van der Waals surface area contributed by atoms with Crippen molar-refractivity contribution < 1.29 is 28.8 Å². The van der Waals surface area contributed by atoms with Gasteiger partial charge >= 0.3 is 0 Å². The molecule has 0 aromatic heterocycles. The van der Waals surface area contributed by atoms with Gasteiger partial charge in [0.1, 0.15) is 12.1 Å². The molecule has 11 nitrogen and oxygen atoms in total. The van der Waals surface area contributed by atoms with E-state index in [9.17, 15) is 28.8 Å². The summed E-state index contributed by atoms with van der Waals surface area (Å²) in [5, 5.41) is 10.9. The van der Waals surface area contributed by atoms with Gasteiger partial charge in [0.05, 0.1) is 6.04 Å². The van der Waals surface area contributed by atoms with Crippen molar-refractivity contribution in [2.24, 2.45) is 16.7 Å². The van der Waals surface area contributed by atoms with Crippen molar-refractivity contribution in [1.82, 2.24) is 26.2 Å². The number of nitrogens with zero attached hydrogens (tertiary/aromatic N) is 1. The Morgan fingerprint density at radius 2 is 1.62 bits per heavy atom. The molecule has 0 bridgehead atoms. The summed E-state index contributed by atoms with van der Waals surface area (Å²) in [7, 11) is 1.49. The number of ketones is 1. The average molecular weight is 550 g/mol. The van der Waals surface area contributed by atoms with Crippen LogP contribution < -0.4 is 21.3 Å². The number of hydrogen-bond acceptors (Lipinski definition) is 6. The zero-order valence-electron chi connectivity index (χ0n) is 24.7. The molecule has 5 amide bonds. The van der Waals surface area contributed by atoms with Gasteiger partial charge in [-0.05, 0) is 50.9 Å². The van der Waals surface area contributed by atoms with Crippen molar-refractivity contribution in [2.75, 3.05) is 13.6 Å². The van der Waals surface area contributed by atoms with Gasteiger partial charge in [-0.3, -0.25) is 28.8 Å². The van der Waals surface area contributed by atoms with Gasteiger partial charge in [-0.1, -0.05) is 41.5 Å². The highest BCUT2D eigenvalue weighted by Gasteiger charge is 2.39. The monoisotopic (exact) mass is 549 g/mol. The third-order valence-corrected chi connectivity index (χ3v) is 7.01. The molecule has 1 aliphatic carbocycles. The van der Waals surface area contributed by atoms with Crippen LogP contribution in [0, 0.1) is 16.7 Å². The van der Waals surface area contributed by atoms with Gasteiger partial charge in [0.15, 0.2) is 0 Å². The minimum Gasteiger partial charge on any atom is -0.356 e. The molecule has 11 heteroatoms. The summed E-state index contributed by atoms with van der Waals surface area (Å²) in [5.41, 5.74) is -1.07. The van der Waals surface area contributed by atoms with Gasteiger partial charge in [0, 0.05) is 31.0 Å². The number of carbonyl (C=O) groups excluding carboxylic acids is 6. The van der Waals surface area contributed by atoms with Crippen LogP contribution in [0.2, 0.25) is 0 Å². The largest absolute Gasteiger partial charge is 0.356 e. The van der Waals surface area contributed by atoms with E-state index in [0.717, 1.165) is 19.3 Å². The smallest absolute Gasteiger partial charge is 0.289 e. The zero-order chi connectivity index (χ0) is 29.7.